The number of urea groups is 1. The summed E-state index contributed by atoms with van der Waals surface area (Å²) in [6, 6.07) is -0.828. The van der Waals surface area contributed by atoms with E-state index in [-0.39, 0.29) is 12.2 Å². The Kier molecular flexibility index (Phi) is 4.41. The fraction of sp³-hybridized carbons (Fsp3) is 0.300. The van der Waals surface area contributed by atoms with E-state index in [0.29, 0.717) is 12.1 Å². The number of imide groups is 2. The lowest BCUT2D eigenvalue weighted by Gasteiger charge is -2.18. The Bertz CT molecular complexity index is 378. The zero-order valence-electron chi connectivity index (χ0n) is 9.33. The maximum absolute atomic E-state index is 11.5. The normalized spacial score (nSPS) is 15.1. The highest BCUT2D eigenvalue weighted by Crippen LogP contribution is 2.09. The molecule has 3 N–H and O–H groups in total. The van der Waals surface area contributed by atoms with Crippen LogP contribution in [0.1, 0.15) is 13.3 Å². The van der Waals surface area contributed by atoms with Gasteiger partial charge in [-0.3, -0.25) is 30.5 Å². The Balaban J connectivity index is 2.89. The second kappa shape index (κ2) is 5.80. The van der Waals surface area contributed by atoms with E-state index >= 15 is 0 Å². The lowest BCUT2D eigenvalue weighted by Crippen LogP contribution is -2.52. The lowest BCUT2D eigenvalue weighted by atomic mass is 10.1. The Morgan fingerprint density at radius 2 is 1.94 bits per heavy atom. The van der Waals surface area contributed by atoms with E-state index < -0.39 is 17.8 Å². The number of carbonyl (C=O) groups excluding carboxylic acids is 3. The summed E-state index contributed by atoms with van der Waals surface area (Å²) in [6.07, 6.45) is 1.89. The molecule has 0 aromatic heterocycles. The molecule has 0 saturated carbocycles. The third kappa shape index (κ3) is 3.15. The van der Waals surface area contributed by atoms with Crippen LogP contribution in [-0.4, -0.2) is 24.5 Å². The molecule has 7 nitrogen and oxygen atoms in total. The number of hydroxylamine groups is 1. The van der Waals surface area contributed by atoms with Gasteiger partial charge in [-0.1, -0.05) is 13.0 Å². The summed E-state index contributed by atoms with van der Waals surface area (Å²) < 4.78 is 0. The van der Waals surface area contributed by atoms with Crippen LogP contribution >= 0.6 is 0 Å². The average Bonchev–Trinajstić information content (AvgIpc) is 2.25. The molecule has 0 aliphatic carbocycles. The summed E-state index contributed by atoms with van der Waals surface area (Å²) in [6.45, 7) is 5.41. The van der Waals surface area contributed by atoms with E-state index in [4.69, 9.17) is 4.84 Å². The van der Waals surface area contributed by atoms with E-state index in [0.717, 1.165) is 0 Å². The molecule has 1 aliphatic heterocycles. The number of allylic oxidation sites excluding steroid dienone is 1. The first-order valence-corrected chi connectivity index (χ1v) is 4.98. The van der Waals surface area contributed by atoms with Gasteiger partial charge in [0.25, 0.3) is 11.8 Å². The van der Waals surface area contributed by atoms with E-state index in [1.54, 1.807) is 6.92 Å². The summed E-state index contributed by atoms with van der Waals surface area (Å²) in [4.78, 5) is 38.8. The number of barbiturate groups is 1. The van der Waals surface area contributed by atoms with E-state index in [2.05, 4.69) is 12.1 Å². The molecule has 0 bridgehead atoms. The summed E-state index contributed by atoms with van der Waals surface area (Å²) in [5.41, 5.74) is 2.64. The fourth-order valence-electron chi connectivity index (χ4n) is 1.23. The molecule has 0 aromatic rings. The zero-order valence-corrected chi connectivity index (χ0v) is 9.33. The van der Waals surface area contributed by atoms with Gasteiger partial charge >= 0.3 is 6.03 Å². The summed E-state index contributed by atoms with van der Waals surface area (Å²) in [7, 11) is 0. The third-order valence-corrected chi connectivity index (χ3v) is 1.96. The highest BCUT2D eigenvalue weighted by Gasteiger charge is 2.30. The van der Waals surface area contributed by atoms with Crippen LogP contribution in [-0.2, 0) is 14.4 Å². The largest absolute Gasteiger partial charge is 0.328 e. The molecule has 7 heteroatoms. The SMILES string of the molecule is C=CCONC(CC)=C1C(=O)NC(=O)NC1=O. The monoisotopic (exact) mass is 239 g/mol. The summed E-state index contributed by atoms with van der Waals surface area (Å²) in [5.74, 6) is -1.49. The molecule has 0 spiro atoms. The van der Waals surface area contributed by atoms with Crippen LogP contribution in [0, 0.1) is 0 Å². The molecule has 0 unspecified atom stereocenters. The molecule has 17 heavy (non-hydrogen) atoms. The van der Waals surface area contributed by atoms with Crippen molar-refractivity contribution >= 4 is 17.8 Å². The maximum Gasteiger partial charge on any atom is 0.328 e. The number of hydrogen-bond donors (Lipinski definition) is 3. The minimum atomic E-state index is -0.828. The van der Waals surface area contributed by atoms with Crippen molar-refractivity contribution in [1.82, 2.24) is 16.1 Å². The number of carbonyl (C=O) groups is 3. The molecule has 92 valence electrons. The fourth-order valence-corrected chi connectivity index (χ4v) is 1.23. The van der Waals surface area contributed by atoms with Gasteiger partial charge in [0.05, 0.1) is 12.3 Å². The summed E-state index contributed by atoms with van der Waals surface area (Å²) >= 11 is 0. The van der Waals surface area contributed by atoms with Crippen molar-refractivity contribution < 1.29 is 19.2 Å². The number of rotatable bonds is 5. The first-order valence-electron chi connectivity index (χ1n) is 4.98. The minimum absolute atomic E-state index is 0.156. The second-order valence-electron chi connectivity index (χ2n) is 3.15. The smallest absolute Gasteiger partial charge is 0.273 e. The van der Waals surface area contributed by atoms with Gasteiger partial charge in [-0.2, -0.15) is 0 Å². The van der Waals surface area contributed by atoms with Crippen LogP contribution in [0.4, 0.5) is 4.79 Å². The van der Waals surface area contributed by atoms with Crippen molar-refractivity contribution in [2.75, 3.05) is 6.61 Å². The van der Waals surface area contributed by atoms with E-state index in [9.17, 15) is 14.4 Å². The van der Waals surface area contributed by atoms with Crippen molar-refractivity contribution in [2.24, 2.45) is 0 Å². The first-order chi connectivity index (χ1) is 8.10. The van der Waals surface area contributed by atoms with Gasteiger partial charge in [0.2, 0.25) is 0 Å². The number of hydrogen-bond acceptors (Lipinski definition) is 5. The molecule has 1 saturated heterocycles. The van der Waals surface area contributed by atoms with Crippen LogP contribution < -0.4 is 16.1 Å². The topological polar surface area (TPSA) is 96.5 Å². The number of amides is 4. The maximum atomic E-state index is 11.5. The zero-order chi connectivity index (χ0) is 12.8. The Labute approximate surface area is 97.8 Å². The van der Waals surface area contributed by atoms with Crippen LogP contribution in [0.3, 0.4) is 0 Å². The van der Waals surface area contributed by atoms with E-state index in [1.807, 2.05) is 10.6 Å². The molecule has 1 aliphatic rings. The Hall–Kier alpha value is -2.15. The van der Waals surface area contributed by atoms with Gasteiger partial charge < -0.3 is 0 Å². The molecule has 0 atom stereocenters. The van der Waals surface area contributed by atoms with E-state index in [1.165, 1.54) is 6.08 Å². The highest BCUT2D eigenvalue weighted by molar-refractivity contribution is 6.29. The average molecular weight is 239 g/mol. The van der Waals surface area contributed by atoms with Gasteiger partial charge in [-0.25, -0.2) is 4.79 Å². The van der Waals surface area contributed by atoms with Gasteiger partial charge in [-0.05, 0) is 6.42 Å². The van der Waals surface area contributed by atoms with Crippen LogP contribution in [0.25, 0.3) is 0 Å². The number of nitrogens with one attached hydrogen (secondary N) is 3. The molecule has 0 aromatic carbocycles. The first kappa shape index (κ1) is 12.9. The molecule has 4 amide bonds. The van der Waals surface area contributed by atoms with Crippen LogP contribution in [0.5, 0.6) is 0 Å². The minimum Gasteiger partial charge on any atom is -0.273 e. The highest BCUT2D eigenvalue weighted by atomic mass is 16.6. The van der Waals surface area contributed by atoms with Crippen molar-refractivity contribution in [1.29, 1.82) is 0 Å². The van der Waals surface area contributed by atoms with Gasteiger partial charge in [0, 0.05) is 0 Å². The van der Waals surface area contributed by atoms with Crippen LogP contribution in [0.2, 0.25) is 0 Å². The quantitative estimate of drug-likeness (QED) is 0.202. The van der Waals surface area contributed by atoms with Gasteiger partial charge in [-0.15, -0.1) is 6.58 Å². The lowest BCUT2D eigenvalue weighted by molar-refractivity contribution is -0.124. The molecule has 1 fully saturated rings. The van der Waals surface area contributed by atoms with Gasteiger partial charge in [0.15, 0.2) is 0 Å². The summed E-state index contributed by atoms with van der Waals surface area (Å²) in [5, 5.41) is 3.96. The Morgan fingerprint density at radius 1 is 1.35 bits per heavy atom. The molecular formula is C10H13N3O4. The van der Waals surface area contributed by atoms with Crippen molar-refractivity contribution in [3.05, 3.63) is 23.9 Å². The third-order valence-electron chi connectivity index (χ3n) is 1.96. The second-order valence-corrected chi connectivity index (χ2v) is 3.15. The molecule has 1 rings (SSSR count). The van der Waals surface area contributed by atoms with Crippen molar-refractivity contribution in [3.63, 3.8) is 0 Å². The van der Waals surface area contributed by atoms with Crippen LogP contribution in [0.15, 0.2) is 23.9 Å². The van der Waals surface area contributed by atoms with Gasteiger partial charge in [0.1, 0.15) is 5.57 Å². The standard InChI is InChI=1S/C10H13N3O4/c1-3-5-17-13-6(4-2)7-8(14)11-10(16)12-9(7)15/h3,13H,1,4-5H2,2H3,(H2,11,12,14,15,16). The molecular weight excluding hydrogens is 226 g/mol. The van der Waals surface area contributed by atoms with Crippen molar-refractivity contribution in [2.45, 2.75) is 13.3 Å². The predicted octanol–water partition coefficient (Wildman–Crippen LogP) is -0.276. The predicted molar refractivity (Wildman–Crippen MR) is 58.3 cm³/mol. The Morgan fingerprint density at radius 3 is 2.41 bits per heavy atom. The van der Waals surface area contributed by atoms with Crippen molar-refractivity contribution in [3.8, 4) is 0 Å². The molecule has 1 heterocycles. The molecule has 0 radical (unpaired) electrons.